The molecule has 2 aromatic heterocycles. The number of aromatic nitrogens is 2. The van der Waals surface area contributed by atoms with Crippen molar-refractivity contribution in [2.24, 2.45) is 0 Å². The van der Waals surface area contributed by atoms with Crippen LogP contribution in [0.15, 0.2) is 47.5 Å². The fourth-order valence-corrected chi connectivity index (χ4v) is 2.28. The molecule has 0 aliphatic carbocycles. The standard InChI is InChI=1S/C17H15N3O3/c1-10-5-6-18-15(7-10)20-17(22)13-9-19-14-4-3-11(23-2)8-12(14)16(13)21/h3-9H,1-2H3,(H,19,21)(H,18,20,22). The number of rotatable bonds is 3. The van der Waals surface area contributed by atoms with Crippen LogP contribution < -0.4 is 15.5 Å². The smallest absolute Gasteiger partial charge is 0.262 e. The monoisotopic (exact) mass is 309 g/mol. The molecule has 6 nitrogen and oxygen atoms in total. The number of ether oxygens (including phenoxy) is 1. The van der Waals surface area contributed by atoms with Gasteiger partial charge in [0, 0.05) is 23.3 Å². The number of hydrogen-bond acceptors (Lipinski definition) is 4. The summed E-state index contributed by atoms with van der Waals surface area (Å²) >= 11 is 0. The van der Waals surface area contributed by atoms with Crippen molar-refractivity contribution in [2.75, 3.05) is 12.4 Å². The first kappa shape index (κ1) is 14.8. The SMILES string of the molecule is COc1ccc2[nH]cc(C(=O)Nc3cc(C)ccn3)c(=O)c2c1. The Bertz CT molecular complexity index is 947. The third kappa shape index (κ3) is 2.91. The van der Waals surface area contributed by atoms with Gasteiger partial charge < -0.3 is 15.0 Å². The van der Waals surface area contributed by atoms with Crippen LogP contribution >= 0.6 is 0 Å². The van der Waals surface area contributed by atoms with Gasteiger partial charge in [-0.25, -0.2) is 4.98 Å². The van der Waals surface area contributed by atoms with Crippen LogP contribution in [0.25, 0.3) is 10.9 Å². The molecule has 3 aromatic rings. The fraction of sp³-hybridized carbons (Fsp3) is 0.118. The summed E-state index contributed by atoms with van der Waals surface area (Å²) in [7, 11) is 1.52. The molecule has 1 amide bonds. The number of methoxy groups -OCH3 is 1. The Balaban J connectivity index is 2.00. The van der Waals surface area contributed by atoms with E-state index in [1.165, 1.54) is 13.3 Å². The molecular formula is C17H15N3O3. The van der Waals surface area contributed by atoms with Crippen molar-refractivity contribution >= 4 is 22.6 Å². The summed E-state index contributed by atoms with van der Waals surface area (Å²) in [6, 6.07) is 8.64. The molecule has 0 bridgehead atoms. The lowest BCUT2D eigenvalue weighted by Gasteiger charge is -2.07. The largest absolute Gasteiger partial charge is 0.497 e. The quantitative estimate of drug-likeness (QED) is 0.778. The molecule has 0 spiro atoms. The highest BCUT2D eigenvalue weighted by Gasteiger charge is 2.14. The second-order valence-electron chi connectivity index (χ2n) is 5.12. The van der Waals surface area contributed by atoms with Crippen LogP contribution in [0.4, 0.5) is 5.82 Å². The number of anilines is 1. The predicted octanol–water partition coefficient (Wildman–Crippen LogP) is 2.49. The molecule has 0 saturated heterocycles. The molecule has 0 atom stereocenters. The predicted molar refractivity (Wildman–Crippen MR) is 88.0 cm³/mol. The zero-order valence-electron chi connectivity index (χ0n) is 12.7. The van der Waals surface area contributed by atoms with Gasteiger partial charge in [0.25, 0.3) is 5.91 Å². The first-order valence-corrected chi connectivity index (χ1v) is 7.02. The number of nitrogens with zero attached hydrogens (tertiary/aromatic N) is 1. The third-order valence-corrected chi connectivity index (χ3v) is 3.49. The maximum Gasteiger partial charge on any atom is 0.262 e. The van der Waals surface area contributed by atoms with Crippen molar-refractivity contribution in [1.29, 1.82) is 0 Å². The maximum absolute atomic E-state index is 12.5. The summed E-state index contributed by atoms with van der Waals surface area (Å²) in [5.41, 5.74) is 1.27. The zero-order chi connectivity index (χ0) is 16.4. The van der Waals surface area contributed by atoms with E-state index < -0.39 is 5.91 Å². The van der Waals surface area contributed by atoms with Crippen molar-refractivity contribution in [3.63, 3.8) is 0 Å². The Morgan fingerprint density at radius 2 is 2.09 bits per heavy atom. The molecule has 1 aromatic carbocycles. The van der Waals surface area contributed by atoms with E-state index in [1.54, 1.807) is 30.5 Å². The second kappa shape index (κ2) is 5.92. The Hall–Kier alpha value is -3.15. The number of aryl methyl sites for hydroxylation is 1. The highest BCUT2D eigenvalue weighted by Crippen LogP contribution is 2.17. The highest BCUT2D eigenvalue weighted by atomic mass is 16.5. The van der Waals surface area contributed by atoms with Gasteiger partial charge in [0.05, 0.1) is 7.11 Å². The van der Waals surface area contributed by atoms with Gasteiger partial charge in [-0.2, -0.15) is 0 Å². The minimum Gasteiger partial charge on any atom is -0.497 e. The molecule has 0 radical (unpaired) electrons. The van der Waals surface area contributed by atoms with Gasteiger partial charge in [0.15, 0.2) is 0 Å². The first-order valence-electron chi connectivity index (χ1n) is 7.02. The number of aromatic amines is 1. The minimum absolute atomic E-state index is 0.0223. The molecular weight excluding hydrogens is 294 g/mol. The lowest BCUT2D eigenvalue weighted by molar-refractivity contribution is 0.102. The van der Waals surface area contributed by atoms with Crippen LogP contribution in [-0.2, 0) is 0 Å². The summed E-state index contributed by atoms with van der Waals surface area (Å²) in [6.07, 6.45) is 3.00. The molecule has 0 aliphatic heterocycles. The number of amides is 1. The minimum atomic E-state index is -0.505. The van der Waals surface area contributed by atoms with E-state index >= 15 is 0 Å². The van der Waals surface area contributed by atoms with E-state index in [9.17, 15) is 9.59 Å². The molecule has 0 unspecified atom stereocenters. The summed E-state index contributed by atoms with van der Waals surface area (Å²) in [5, 5.41) is 3.03. The number of benzene rings is 1. The maximum atomic E-state index is 12.5. The van der Waals surface area contributed by atoms with Crippen molar-refractivity contribution in [1.82, 2.24) is 9.97 Å². The number of carbonyl (C=O) groups excluding carboxylic acids is 1. The molecule has 116 valence electrons. The number of nitrogens with one attached hydrogen (secondary N) is 2. The first-order chi connectivity index (χ1) is 11.1. The van der Waals surface area contributed by atoms with Gasteiger partial charge in [-0.05, 0) is 42.8 Å². The average Bonchev–Trinajstić information content (AvgIpc) is 2.55. The molecule has 6 heteroatoms. The van der Waals surface area contributed by atoms with Crippen molar-refractivity contribution in [3.8, 4) is 5.75 Å². The van der Waals surface area contributed by atoms with Crippen LogP contribution in [0.3, 0.4) is 0 Å². The van der Waals surface area contributed by atoms with Gasteiger partial charge in [-0.3, -0.25) is 9.59 Å². The normalized spacial score (nSPS) is 10.5. The van der Waals surface area contributed by atoms with Crippen LogP contribution in [-0.4, -0.2) is 23.0 Å². The van der Waals surface area contributed by atoms with Gasteiger partial charge in [-0.1, -0.05) is 0 Å². The van der Waals surface area contributed by atoms with E-state index in [2.05, 4.69) is 15.3 Å². The molecule has 0 saturated carbocycles. The summed E-state index contributed by atoms with van der Waals surface area (Å²) in [4.78, 5) is 31.9. The lowest BCUT2D eigenvalue weighted by atomic mass is 10.1. The Kier molecular flexibility index (Phi) is 3.80. The van der Waals surface area contributed by atoms with Gasteiger partial charge in [0.1, 0.15) is 17.1 Å². The number of pyridine rings is 2. The Labute approximate surface area is 132 Å². The van der Waals surface area contributed by atoms with Gasteiger partial charge >= 0.3 is 0 Å². The van der Waals surface area contributed by atoms with Crippen LogP contribution in [0.5, 0.6) is 5.75 Å². The summed E-state index contributed by atoms with van der Waals surface area (Å²) in [6.45, 7) is 1.90. The topological polar surface area (TPSA) is 84.1 Å². The highest BCUT2D eigenvalue weighted by molar-refractivity contribution is 6.05. The molecule has 2 N–H and O–H groups in total. The molecule has 0 aliphatic rings. The Morgan fingerprint density at radius 1 is 1.26 bits per heavy atom. The fourth-order valence-electron chi connectivity index (χ4n) is 2.28. The van der Waals surface area contributed by atoms with Crippen molar-refractivity contribution < 1.29 is 9.53 Å². The number of H-pyrrole nitrogens is 1. The Morgan fingerprint density at radius 3 is 2.83 bits per heavy atom. The molecule has 3 rings (SSSR count). The van der Waals surface area contributed by atoms with Gasteiger partial charge in [-0.15, -0.1) is 0 Å². The van der Waals surface area contributed by atoms with Crippen LogP contribution in [0.1, 0.15) is 15.9 Å². The second-order valence-corrected chi connectivity index (χ2v) is 5.12. The van der Waals surface area contributed by atoms with E-state index in [-0.39, 0.29) is 11.0 Å². The molecule has 0 fully saturated rings. The number of fused-ring (bicyclic) bond motifs is 1. The zero-order valence-corrected chi connectivity index (χ0v) is 12.7. The summed E-state index contributed by atoms with van der Waals surface area (Å²) < 4.78 is 5.12. The van der Waals surface area contributed by atoms with E-state index in [0.717, 1.165) is 5.56 Å². The van der Waals surface area contributed by atoms with Crippen LogP contribution in [0.2, 0.25) is 0 Å². The van der Waals surface area contributed by atoms with Gasteiger partial charge in [0.2, 0.25) is 5.43 Å². The molecule has 2 heterocycles. The summed E-state index contributed by atoms with van der Waals surface area (Å²) in [5.74, 6) is 0.454. The lowest BCUT2D eigenvalue weighted by Crippen LogP contribution is -2.22. The van der Waals surface area contributed by atoms with Crippen LogP contribution in [0, 0.1) is 6.92 Å². The number of hydrogen-bond donors (Lipinski definition) is 2. The van der Waals surface area contributed by atoms with Crippen molar-refractivity contribution in [2.45, 2.75) is 6.92 Å². The van der Waals surface area contributed by atoms with E-state index in [1.807, 2.05) is 13.0 Å². The van der Waals surface area contributed by atoms with E-state index in [0.29, 0.717) is 22.5 Å². The van der Waals surface area contributed by atoms with E-state index in [4.69, 9.17) is 4.74 Å². The molecule has 23 heavy (non-hydrogen) atoms. The van der Waals surface area contributed by atoms with Crippen molar-refractivity contribution in [3.05, 3.63) is 64.1 Å². The third-order valence-electron chi connectivity index (χ3n) is 3.49. The average molecular weight is 309 g/mol. The number of carbonyl (C=O) groups is 1.